The van der Waals surface area contributed by atoms with Gasteiger partial charge in [0.2, 0.25) is 21.8 Å². The van der Waals surface area contributed by atoms with Gasteiger partial charge < -0.3 is 10.6 Å². The topological polar surface area (TPSA) is 130 Å². The lowest BCUT2D eigenvalue weighted by Crippen LogP contribution is -2.48. The summed E-state index contributed by atoms with van der Waals surface area (Å²) in [6, 6.07) is 7.65. The summed E-state index contributed by atoms with van der Waals surface area (Å²) in [5.74, 6) is -1.40. The first kappa shape index (κ1) is 21.7. The van der Waals surface area contributed by atoms with E-state index in [9.17, 15) is 26.4 Å². The first-order valence-corrected chi connectivity index (χ1v) is 12.8. The zero-order valence-corrected chi connectivity index (χ0v) is 17.5. The minimum Gasteiger partial charge on any atom is -0.351 e. The average molecular weight is 444 g/mol. The van der Waals surface area contributed by atoms with Crippen LogP contribution in [0.4, 0.5) is 0 Å². The van der Waals surface area contributed by atoms with E-state index in [1.807, 2.05) is 0 Å². The van der Waals surface area contributed by atoms with Crippen molar-refractivity contribution in [1.82, 2.24) is 14.9 Å². The molecule has 29 heavy (non-hydrogen) atoms. The lowest BCUT2D eigenvalue weighted by molar-refractivity contribution is -0.129. The minimum absolute atomic E-state index is 0.0537. The fourth-order valence-electron chi connectivity index (χ4n) is 3.62. The van der Waals surface area contributed by atoms with Gasteiger partial charge in [0, 0.05) is 19.1 Å². The highest BCUT2D eigenvalue weighted by Gasteiger charge is 2.33. The van der Waals surface area contributed by atoms with Crippen LogP contribution < -0.4 is 10.6 Å². The molecule has 2 fully saturated rings. The number of hydrogen-bond acceptors (Lipinski definition) is 6. The van der Waals surface area contributed by atoms with Crippen molar-refractivity contribution in [3.8, 4) is 0 Å². The van der Waals surface area contributed by atoms with Crippen LogP contribution in [0.1, 0.15) is 19.3 Å². The summed E-state index contributed by atoms with van der Waals surface area (Å²) in [6.07, 6.45) is 1.46. The summed E-state index contributed by atoms with van der Waals surface area (Å²) in [6.45, 7) is 0.139. The van der Waals surface area contributed by atoms with Crippen molar-refractivity contribution in [3.63, 3.8) is 0 Å². The average Bonchev–Trinajstić information content (AvgIpc) is 3.05. The Kier molecular flexibility index (Phi) is 6.59. The summed E-state index contributed by atoms with van der Waals surface area (Å²) >= 11 is 0. The van der Waals surface area contributed by atoms with Crippen molar-refractivity contribution in [3.05, 3.63) is 30.3 Å². The zero-order valence-electron chi connectivity index (χ0n) is 15.9. The van der Waals surface area contributed by atoms with Crippen LogP contribution in [0.3, 0.4) is 0 Å². The number of carbonyl (C=O) groups is 2. The van der Waals surface area contributed by atoms with Gasteiger partial charge in [0.15, 0.2) is 9.84 Å². The molecule has 1 aromatic carbocycles. The fourth-order valence-corrected chi connectivity index (χ4v) is 6.83. The maximum atomic E-state index is 12.7. The van der Waals surface area contributed by atoms with Crippen molar-refractivity contribution in [2.75, 3.05) is 31.1 Å². The van der Waals surface area contributed by atoms with E-state index >= 15 is 0 Å². The van der Waals surface area contributed by atoms with Crippen LogP contribution in [0.2, 0.25) is 0 Å². The van der Waals surface area contributed by atoms with Crippen molar-refractivity contribution < 1.29 is 26.4 Å². The van der Waals surface area contributed by atoms with Crippen LogP contribution in [-0.2, 0) is 29.4 Å². The third kappa shape index (κ3) is 5.55. The smallest absolute Gasteiger partial charge is 0.243 e. The molecule has 0 aromatic heterocycles. The lowest BCUT2D eigenvalue weighted by atomic mass is 9.99. The van der Waals surface area contributed by atoms with E-state index < -0.39 is 37.7 Å². The van der Waals surface area contributed by atoms with E-state index in [-0.39, 0.29) is 35.4 Å². The molecule has 2 amide bonds. The van der Waals surface area contributed by atoms with E-state index in [1.165, 1.54) is 16.4 Å². The fraction of sp³-hybridized carbons (Fsp3) is 0.556. The number of piperidine rings is 1. The van der Waals surface area contributed by atoms with E-state index in [0.29, 0.717) is 25.8 Å². The maximum absolute atomic E-state index is 12.7. The van der Waals surface area contributed by atoms with E-state index in [4.69, 9.17) is 0 Å². The second-order valence-electron chi connectivity index (χ2n) is 7.40. The minimum atomic E-state index is -3.67. The summed E-state index contributed by atoms with van der Waals surface area (Å²) in [5, 5.41) is 5.14. The van der Waals surface area contributed by atoms with Gasteiger partial charge in [-0.2, -0.15) is 4.31 Å². The van der Waals surface area contributed by atoms with Crippen LogP contribution in [-0.4, -0.2) is 70.1 Å². The van der Waals surface area contributed by atoms with Gasteiger partial charge in [-0.05, 0) is 31.4 Å². The van der Waals surface area contributed by atoms with Crippen LogP contribution >= 0.6 is 0 Å². The molecule has 0 spiro atoms. The Balaban J connectivity index is 1.51. The number of benzene rings is 1. The molecule has 3 rings (SSSR count). The van der Waals surface area contributed by atoms with Crippen molar-refractivity contribution >= 4 is 31.7 Å². The van der Waals surface area contributed by atoms with Crippen molar-refractivity contribution in [2.45, 2.75) is 30.2 Å². The largest absolute Gasteiger partial charge is 0.351 e. The molecule has 2 aliphatic heterocycles. The first-order chi connectivity index (χ1) is 13.7. The van der Waals surface area contributed by atoms with E-state index in [1.54, 1.807) is 18.2 Å². The molecule has 11 heteroatoms. The highest BCUT2D eigenvalue weighted by atomic mass is 32.2. The Bertz CT molecular complexity index is 963. The van der Waals surface area contributed by atoms with Gasteiger partial charge in [-0.15, -0.1) is 0 Å². The van der Waals surface area contributed by atoms with Gasteiger partial charge >= 0.3 is 0 Å². The molecule has 1 aromatic rings. The number of hydrogen-bond donors (Lipinski definition) is 2. The van der Waals surface area contributed by atoms with Gasteiger partial charge in [0.25, 0.3) is 0 Å². The van der Waals surface area contributed by atoms with Crippen molar-refractivity contribution in [1.29, 1.82) is 0 Å². The summed E-state index contributed by atoms with van der Waals surface area (Å²) < 4.78 is 49.7. The van der Waals surface area contributed by atoms with E-state index in [2.05, 4.69) is 10.6 Å². The molecule has 9 nitrogen and oxygen atoms in total. The third-order valence-electron chi connectivity index (χ3n) is 5.16. The number of nitrogens with one attached hydrogen (secondary N) is 2. The molecule has 2 atom stereocenters. The predicted molar refractivity (Wildman–Crippen MR) is 106 cm³/mol. The maximum Gasteiger partial charge on any atom is 0.243 e. The molecule has 160 valence electrons. The SMILES string of the molecule is O=C(CNC(=O)[C@@H]1CCCN(S(=O)(=O)c2ccccc2)C1)N[C@H]1CCS(=O)(=O)C1. The molecule has 2 N–H and O–H groups in total. The van der Waals surface area contributed by atoms with Crippen LogP contribution in [0, 0.1) is 5.92 Å². The number of nitrogens with zero attached hydrogens (tertiary/aromatic N) is 1. The molecule has 2 aliphatic rings. The standard InChI is InChI=1S/C18H25N3O6S2/c22-17(20-15-8-10-28(24,25)13-15)11-19-18(23)14-5-4-9-21(12-14)29(26,27)16-6-2-1-3-7-16/h1-3,6-7,14-15H,4-5,8-13H2,(H,19,23)(H,20,22)/t14-,15+/m1/s1. The van der Waals surface area contributed by atoms with Gasteiger partial charge in [0.05, 0.1) is 28.9 Å². The Morgan fingerprint density at radius 1 is 1.14 bits per heavy atom. The Morgan fingerprint density at radius 3 is 2.52 bits per heavy atom. The van der Waals surface area contributed by atoms with Crippen LogP contribution in [0.5, 0.6) is 0 Å². The zero-order chi connectivity index (χ0) is 21.1. The van der Waals surface area contributed by atoms with Gasteiger partial charge in [-0.25, -0.2) is 16.8 Å². The summed E-state index contributed by atoms with van der Waals surface area (Å²) in [4.78, 5) is 24.6. The Labute approximate surface area is 170 Å². The highest BCUT2D eigenvalue weighted by Crippen LogP contribution is 2.23. The number of sulfone groups is 1. The van der Waals surface area contributed by atoms with E-state index in [0.717, 1.165) is 0 Å². The second-order valence-corrected chi connectivity index (χ2v) is 11.6. The number of amides is 2. The first-order valence-electron chi connectivity index (χ1n) is 9.50. The van der Waals surface area contributed by atoms with Gasteiger partial charge in [-0.1, -0.05) is 18.2 Å². The van der Waals surface area contributed by atoms with Crippen LogP contribution in [0.25, 0.3) is 0 Å². The predicted octanol–water partition coefficient (Wildman–Crippen LogP) is -0.493. The normalized spacial score (nSPS) is 24.7. The quantitative estimate of drug-likeness (QED) is 0.610. The number of sulfonamides is 1. The number of carbonyl (C=O) groups excluding carboxylic acids is 2. The molecular weight excluding hydrogens is 418 g/mol. The summed E-state index contributed by atoms with van der Waals surface area (Å²) in [5.41, 5.74) is 0. The summed E-state index contributed by atoms with van der Waals surface area (Å²) in [7, 11) is -6.77. The molecule has 0 bridgehead atoms. The van der Waals surface area contributed by atoms with Crippen LogP contribution in [0.15, 0.2) is 35.2 Å². The molecule has 2 saturated heterocycles. The van der Waals surface area contributed by atoms with Gasteiger partial charge in [-0.3, -0.25) is 9.59 Å². The Morgan fingerprint density at radius 2 is 1.86 bits per heavy atom. The molecule has 0 aliphatic carbocycles. The molecule has 0 unspecified atom stereocenters. The lowest BCUT2D eigenvalue weighted by Gasteiger charge is -2.31. The molecular formula is C18H25N3O6S2. The molecule has 0 saturated carbocycles. The number of rotatable bonds is 6. The second kappa shape index (κ2) is 8.80. The highest BCUT2D eigenvalue weighted by molar-refractivity contribution is 7.91. The monoisotopic (exact) mass is 443 g/mol. The van der Waals surface area contributed by atoms with Crippen molar-refractivity contribution in [2.24, 2.45) is 5.92 Å². The van der Waals surface area contributed by atoms with Gasteiger partial charge in [0.1, 0.15) is 0 Å². The Hall–Kier alpha value is -1.98. The molecule has 0 radical (unpaired) electrons. The third-order valence-corrected chi connectivity index (χ3v) is 8.80. The molecule has 2 heterocycles.